The van der Waals surface area contributed by atoms with Crippen LogP contribution in [-0.2, 0) is 16.4 Å². The molecule has 2 aromatic rings. The van der Waals surface area contributed by atoms with Crippen LogP contribution in [0.4, 0.5) is 13.2 Å². The molecule has 1 aliphatic carbocycles. The fourth-order valence-electron chi connectivity index (χ4n) is 2.93. The summed E-state index contributed by atoms with van der Waals surface area (Å²) in [6.07, 6.45) is -4.04. The number of ether oxygens (including phenoxy) is 1. The van der Waals surface area contributed by atoms with E-state index in [-0.39, 0.29) is 24.8 Å². The zero-order valence-corrected chi connectivity index (χ0v) is 16.4. The van der Waals surface area contributed by atoms with Gasteiger partial charge in [-0.15, -0.1) is 0 Å². The second kappa shape index (κ2) is 8.13. The number of aliphatic hydroxyl groups excluding tert-OH is 1. The van der Waals surface area contributed by atoms with E-state index in [4.69, 9.17) is 4.74 Å². The maximum Gasteiger partial charge on any atom is 0.416 e. The molecule has 1 saturated carbocycles. The molecule has 8 heteroatoms. The average molecular weight is 458 g/mol. The van der Waals surface area contributed by atoms with Gasteiger partial charge in [-0.2, -0.15) is 13.2 Å². The molecule has 3 rings (SSSR count). The van der Waals surface area contributed by atoms with E-state index in [0.29, 0.717) is 0 Å². The molecule has 150 valence electrons. The predicted octanol–water partition coefficient (Wildman–Crippen LogP) is 4.06. The van der Waals surface area contributed by atoms with Crippen molar-refractivity contribution in [2.45, 2.75) is 30.5 Å². The number of halogens is 4. The second-order valence-corrected chi connectivity index (χ2v) is 7.71. The summed E-state index contributed by atoms with van der Waals surface area (Å²) in [6.45, 7) is -0.275. The normalized spacial score (nSPS) is 16.3. The van der Waals surface area contributed by atoms with Gasteiger partial charge >= 0.3 is 6.18 Å². The van der Waals surface area contributed by atoms with Crippen LogP contribution in [0.1, 0.15) is 24.0 Å². The van der Waals surface area contributed by atoms with Gasteiger partial charge in [0.05, 0.1) is 11.0 Å². The summed E-state index contributed by atoms with van der Waals surface area (Å²) in [5.41, 5.74) is -0.469. The fourth-order valence-corrected chi connectivity index (χ4v) is 3.20. The van der Waals surface area contributed by atoms with Crippen LogP contribution in [-0.4, -0.2) is 30.3 Å². The lowest BCUT2D eigenvalue weighted by Crippen LogP contribution is -2.40. The van der Waals surface area contributed by atoms with E-state index in [2.05, 4.69) is 21.2 Å². The Balaban J connectivity index is 1.50. The Morgan fingerprint density at radius 1 is 1.21 bits per heavy atom. The lowest BCUT2D eigenvalue weighted by molar-refractivity contribution is -0.137. The number of rotatable bonds is 7. The van der Waals surface area contributed by atoms with Crippen molar-refractivity contribution < 1.29 is 27.8 Å². The lowest BCUT2D eigenvalue weighted by atomic mass is 9.95. The second-order valence-electron chi connectivity index (χ2n) is 6.79. The van der Waals surface area contributed by atoms with Crippen molar-refractivity contribution >= 4 is 21.8 Å². The lowest BCUT2D eigenvalue weighted by Gasteiger charge is -2.18. The van der Waals surface area contributed by atoms with E-state index in [1.807, 2.05) is 24.3 Å². The number of alkyl halides is 3. The van der Waals surface area contributed by atoms with Gasteiger partial charge in [0.15, 0.2) is 0 Å². The summed E-state index contributed by atoms with van der Waals surface area (Å²) in [6, 6.07) is 12.0. The van der Waals surface area contributed by atoms with Crippen molar-refractivity contribution in [3.05, 3.63) is 64.1 Å². The van der Waals surface area contributed by atoms with Gasteiger partial charge < -0.3 is 15.2 Å². The van der Waals surface area contributed by atoms with Crippen LogP contribution >= 0.6 is 15.9 Å². The average Bonchev–Trinajstić information content (AvgIpc) is 3.46. The zero-order valence-electron chi connectivity index (χ0n) is 14.8. The van der Waals surface area contributed by atoms with Crippen LogP contribution in [0.25, 0.3) is 0 Å². The number of carbonyl (C=O) groups is 1. The van der Waals surface area contributed by atoms with Crippen molar-refractivity contribution in [1.29, 1.82) is 0 Å². The third-order valence-electron chi connectivity index (χ3n) is 4.68. The first-order valence-electron chi connectivity index (χ1n) is 8.73. The van der Waals surface area contributed by atoms with Crippen LogP contribution < -0.4 is 10.1 Å². The quantitative estimate of drug-likeness (QED) is 0.659. The molecule has 4 nitrogen and oxygen atoms in total. The molecule has 2 aromatic carbocycles. The van der Waals surface area contributed by atoms with Crippen molar-refractivity contribution in [3.63, 3.8) is 0 Å². The molecule has 1 fully saturated rings. The van der Waals surface area contributed by atoms with Gasteiger partial charge in [0.2, 0.25) is 5.91 Å². The van der Waals surface area contributed by atoms with Crippen molar-refractivity contribution in [2.75, 3.05) is 13.2 Å². The van der Waals surface area contributed by atoms with E-state index in [0.717, 1.165) is 35.0 Å². The molecule has 0 spiro atoms. The van der Waals surface area contributed by atoms with E-state index in [9.17, 15) is 23.1 Å². The molecule has 0 aromatic heterocycles. The first kappa shape index (κ1) is 20.7. The summed E-state index contributed by atoms with van der Waals surface area (Å²) < 4.78 is 44.3. The fraction of sp³-hybridized carbons (Fsp3) is 0.350. The Kier molecular flexibility index (Phi) is 6.00. The molecular weight excluding hydrogens is 439 g/mol. The zero-order chi connectivity index (χ0) is 20.4. The number of carbonyl (C=O) groups excluding carboxylic acids is 1. The number of amides is 1. The molecule has 28 heavy (non-hydrogen) atoms. The molecule has 0 bridgehead atoms. The van der Waals surface area contributed by atoms with Crippen LogP contribution in [0, 0.1) is 0 Å². The number of aliphatic hydroxyl groups is 1. The van der Waals surface area contributed by atoms with E-state index >= 15 is 0 Å². The minimum atomic E-state index is -4.46. The first-order chi connectivity index (χ1) is 13.2. The molecule has 1 atom stereocenters. The molecule has 1 amide bonds. The third-order valence-corrected chi connectivity index (χ3v) is 5.21. The highest BCUT2D eigenvalue weighted by atomic mass is 79.9. The Morgan fingerprint density at radius 3 is 2.50 bits per heavy atom. The maximum atomic E-state index is 12.7. The van der Waals surface area contributed by atoms with Gasteiger partial charge in [-0.25, -0.2) is 0 Å². The Morgan fingerprint density at radius 2 is 1.89 bits per heavy atom. The van der Waals surface area contributed by atoms with Gasteiger partial charge in [-0.05, 0) is 48.7 Å². The summed E-state index contributed by atoms with van der Waals surface area (Å²) >= 11 is 3.36. The van der Waals surface area contributed by atoms with Gasteiger partial charge in [-0.3, -0.25) is 4.79 Å². The molecule has 0 heterocycles. The van der Waals surface area contributed by atoms with Gasteiger partial charge in [0.1, 0.15) is 18.5 Å². The van der Waals surface area contributed by atoms with Crippen molar-refractivity contribution in [3.8, 4) is 5.75 Å². The Hall–Kier alpha value is -2.06. The maximum absolute atomic E-state index is 12.7. The molecular formula is C20H19BrF3NO3. The Labute approximate surface area is 168 Å². The standard InChI is InChI=1S/C20H19BrF3NO3/c21-15-6-4-13(5-7-15)19(8-9-19)18(27)25-11-16(26)12-28-17-3-1-2-14(10-17)20(22,23)24/h1-7,10,16,26H,8-9,11-12H2,(H,25,27). The minimum absolute atomic E-state index is 0.00808. The van der Waals surface area contributed by atoms with E-state index in [1.54, 1.807) is 0 Å². The molecule has 1 aliphatic rings. The summed E-state index contributed by atoms with van der Waals surface area (Å²) in [4.78, 5) is 12.5. The first-order valence-corrected chi connectivity index (χ1v) is 9.52. The third kappa shape index (κ3) is 4.86. The topological polar surface area (TPSA) is 58.6 Å². The van der Waals surface area contributed by atoms with Gasteiger partial charge in [0, 0.05) is 11.0 Å². The highest BCUT2D eigenvalue weighted by Crippen LogP contribution is 2.48. The number of hydrogen-bond donors (Lipinski definition) is 2. The molecule has 1 unspecified atom stereocenters. The predicted molar refractivity (Wildman–Crippen MR) is 101 cm³/mol. The van der Waals surface area contributed by atoms with Crippen LogP contribution in [0.15, 0.2) is 53.0 Å². The smallest absolute Gasteiger partial charge is 0.416 e. The number of hydrogen-bond acceptors (Lipinski definition) is 3. The Bertz CT molecular complexity index is 835. The molecule has 0 radical (unpaired) electrons. The summed E-state index contributed by atoms with van der Waals surface area (Å²) in [5, 5.41) is 12.7. The molecule has 0 saturated heterocycles. The highest BCUT2D eigenvalue weighted by Gasteiger charge is 2.51. The largest absolute Gasteiger partial charge is 0.491 e. The molecule has 0 aliphatic heterocycles. The van der Waals surface area contributed by atoms with Crippen LogP contribution in [0.5, 0.6) is 5.75 Å². The minimum Gasteiger partial charge on any atom is -0.491 e. The highest BCUT2D eigenvalue weighted by molar-refractivity contribution is 9.10. The van der Waals surface area contributed by atoms with E-state index in [1.165, 1.54) is 12.1 Å². The van der Waals surface area contributed by atoms with E-state index < -0.39 is 23.3 Å². The summed E-state index contributed by atoms with van der Waals surface area (Å²) in [5.74, 6) is -0.165. The van der Waals surface area contributed by atoms with Crippen LogP contribution in [0.3, 0.4) is 0 Å². The van der Waals surface area contributed by atoms with Crippen LogP contribution in [0.2, 0.25) is 0 Å². The number of nitrogens with one attached hydrogen (secondary N) is 1. The van der Waals surface area contributed by atoms with Crippen molar-refractivity contribution in [1.82, 2.24) is 5.32 Å². The van der Waals surface area contributed by atoms with Gasteiger partial charge in [-0.1, -0.05) is 34.1 Å². The monoisotopic (exact) mass is 457 g/mol. The number of benzene rings is 2. The van der Waals surface area contributed by atoms with Crippen molar-refractivity contribution in [2.24, 2.45) is 0 Å². The van der Waals surface area contributed by atoms with Gasteiger partial charge in [0.25, 0.3) is 0 Å². The SMILES string of the molecule is O=C(NCC(O)COc1cccc(C(F)(F)F)c1)C1(c2ccc(Br)cc2)CC1. The molecule has 2 N–H and O–H groups in total. The summed E-state index contributed by atoms with van der Waals surface area (Å²) in [7, 11) is 0.